The number of rotatable bonds is 3. The number of hydrogen-bond donors (Lipinski definition) is 0. The van der Waals surface area contributed by atoms with Gasteiger partial charge in [-0.05, 0) is 12.1 Å². The second-order valence-corrected chi connectivity index (χ2v) is 3.30. The van der Waals surface area contributed by atoms with E-state index in [-0.39, 0.29) is 11.8 Å². The fraction of sp³-hybridized carbons (Fsp3) is 0.167. The zero-order chi connectivity index (χ0) is 12.3. The number of hydrogen-bond acceptors (Lipinski definition) is 4. The van der Waals surface area contributed by atoms with Crippen LogP contribution in [0.5, 0.6) is 11.8 Å². The zero-order valence-electron chi connectivity index (χ0n) is 9.48. The molecule has 1 aromatic carbocycles. The van der Waals surface area contributed by atoms with Crippen molar-refractivity contribution in [3.8, 4) is 22.9 Å². The molecular weight excluding hydrogens is 223 g/mol. The second-order valence-electron chi connectivity index (χ2n) is 3.30. The Bertz CT molecular complexity index is 514. The van der Waals surface area contributed by atoms with Gasteiger partial charge in [0.25, 0.3) is 0 Å². The molecule has 0 saturated carbocycles. The molecule has 0 unspecified atom stereocenters. The predicted octanol–water partition coefficient (Wildman–Crippen LogP) is 2.30. The van der Waals surface area contributed by atoms with E-state index in [0.29, 0.717) is 16.9 Å². The van der Waals surface area contributed by atoms with E-state index in [2.05, 4.69) is 9.97 Å². The third-order valence-electron chi connectivity index (χ3n) is 2.30. The predicted molar refractivity (Wildman–Crippen MR) is 60.5 cm³/mol. The van der Waals surface area contributed by atoms with Gasteiger partial charge < -0.3 is 9.47 Å². The largest absolute Gasteiger partial charge is 0.497 e. The summed E-state index contributed by atoms with van der Waals surface area (Å²) in [4.78, 5) is 7.85. The summed E-state index contributed by atoms with van der Waals surface area (Å²) in [7, 11) is 2.97. The number of ether oxygens (including phenoxy) is 2. The van der Waals surface area contributed by atoms with Gasteiger partial charge in [0.05, 0.1) is 14.2 Å². The van der Waals surface area contributed by atoms with Crippen LogP contribution in [0.3, 0.4) is 0 Å². The summed E-state index contributed by atoms with van der Waals surface area (Å²) in [5.41, 5.74) is 1.01. The molecule has 1 heterocycles. The van der Waals surface area contributed by atoms with Crippen LogP contribution in [0.15, 0.2) is 30.6 Å². The maximum Gasteiger partial charge on any atom is 0.316 e. The maximum absolute atomic E-state index is 13.7. The van der Waals surface area contributed by atoms with Crippen molar-refractivity contribution in [1.82, 2.24) is 9.97 Å². The van der Waals surface area contributed by atoms with Crippen LogP contribution in [0.1, 0.15) is 0 Å². The minimum absolute atomic E-state index is 0.252. The lowest BCUT2D eigenvalue weighted by molar-refractivity contribution is 0.380. The normalized spacial score (nSPS) is 10.1. The lowest BCUT2D eigenvalue weighted by atomic mass is 10.1. The average Bonchev–Trinajstić information content (AvgIpc) is 2.39. The van der Waals surface area contributed by atoms with Crippen molar-refractivity contribution in [2.75, 3.05) is 14.2 Å². The van der Waals surface area contributed by atoms with E-state index in [1.54, 1.807) is 12.1 Å². The monoisotopic (exact) mass is 234 g/mol. The summed E-state index contributed by atoms with van der Waals surface area (Å²) in [6.45, 7) is 0. The van der Waals surface area contributed by atoms with Crippen molar-refractivity contribution in [1.29, 1.82) is 0 Å². The highest BCUT2D eigenvalue weighted by atomic mass is 19.1. The molecule has 88 valence electrons. The summed E-state index contributed by atoms with van der Waals surface area (Å²) >= 11 is 0. The van der Waals surface area contributed by atoms with Crippen LogP contribution in [-0.2, 0) is 0 Å². The van der Waals surface area contributed by atoms with Crippen LogP contribution >= 0.6 is 0 Å². The minimum Gasteiger partial charge on any atom is -0.497 e. The first kappa shape index (κ1) is 11.3. The van der Waals surface area contributed by atoms with Gasteiger partial charge in [-0.1, -0.05) is 0 Å². The highest BCUT2D eigenvalue weighted by Gasteiger charge is 2.07. The molecule has 0 amide bonds. The molecule has 5 heteroatoms. The second kappa shape index (κ2) is 4.78. The molecule has 17 heavy (non-hydrogen) atoms. The van der Waals surface area contributed by atoms with Crippen molar-refractivity contribution in [2.24, 2.45) is 0 Å². The van der Waals surface area contributed by atoms with Gasteiger partial charge in [-0.2, -0.15) is 0 Å². The minimum atomic E-state index is -0.377. The fourth-order valence-electron chi connectivity index (χ4n) is 1.42. The first-order valence-corrected chi connectivity index (χ1v) is 4.94. The average molecular weight is 234 g/mol. The van der Waals surface area contributed by atoms with Crippen LogP contribution in [0.4, 0.5) is 4.39 Å². The standard InChI is InChI=1S/C12H11FN2O2/c1-16-9-3-4-10(11(13)5-9)8-6-14-12(17-2)15-7-8/h3-7H,1-2H3. The third kappa shape index (κ3) is 2.33. The molecule has 2 aromatic rings. The summed E-state index contributed by atoms with van der Waals surface area (Å²) in [6, 6.07) is 4.88. The SMILES string of the molecule is COc1ccc(-c2cnc(OC)nc2)c(F)c1. The van der Waals surface area contributed by atoms with Gasteiger partial charge >= 0.3 is 6.01 Å². The van der Waals surface area contributed by atoms with Crippen molar-refractivity contribution in [3.05, 3.63) is 36.4 Å². The Labute approximate surface area is 98.1 Å². The van der Waals surface area contributed by atoms with Gasteiger partial charge in [-0.25, -0.2) is 14.4 Å². The van der Waals surface area contributed by atoms with E-state index in [1.165, 1.54) is 32.7 Å². The van der Waals surface area contributed by atoms with E-state index < -0.39 is 0 Å². The molecule has 4 nitrogen and oxygen atoms in total. The molecule has 0 fully saturated rings. The van der Waals surface area contributed by atoms with Crippen molar-refractivity contribution >= 4 is 0 Å². The van der Waals surface area contributed by atoms with Gasteiger partial charge in [-0.3, -0.25) is 0 Å². The zero-order valence-corrected chi connectivity index (χ0v) is 9.48. The van der Waals surface area contributed by atoms with Gasteiger partial charge in [0, 0.05) is 29.6 Å². The van der Waals surface area contributed by atoms with E-state index in [1.807, 2.05) is 0 Å². The number of halogens is 1. The smallest absolute Gasteiger partial charge is 0.316 e. The molecular formula is C12H11FN2O2. The molecule has 0 aliphatic carbocycles. The van der Waals surface area contributed by atoms with E-state index in [4.69, 9.17) is 9.47 Å². The van der Waals surface area contributed by atoms with Gasteiger partial charge in [0.15, 0.2) is 0 Å². The summed E-state index contributed by atoms with van der Waals surface area (Å²) < 4.78 is 23.5. The molecule has 0 aliphatic rings. The maximum atomic E-state index is 13.7. The topological polar surface area (TPSA) is 44.2 Å². The lowest BCUT2D eigenvalue weighted by Crippen LogP contribution is -1.93. The molecule has 0 atom stereocenters. The van der Waals surface area contributed by atoms with E-state index >= 15 is 0 Å². The fourth-order valence-corrected chi connectivity index (χ4v) is 1.42. The Hall–Kier alpha value is -2.17. The van der Waals surface area contributed by atoms with Crippen molar-refractivity contribution in [3.63, 3.8) is 0 Å². The molecule has 0 aliphatic heterocycles. The van der Waals surface area contributed by atoms with Gasteiger partial charge in [-0.15, -0.1) is 0 Å². The van der Waals surface area contributed by atoms with Crippen LogP contribution in [0.2, 0.25) is 0 Å². The summed E-state index contributed by atoms with van der Waals surface area (Å²) in [6.07, 6.45) is 3.02. The van der Waals surface area contributed by atoms with Crippen LogP contribution in [0, 0.1) is 5.82 Å². The number of methoxy groups -OCH3 is 2. The quantitative estimate of drug-likeness (QED) is 0.817. The van der Waals surface area contributed by atoms with Crippen molar-refractivity contribution < 1.29 is 13.9 Å². The van der Waals surface area contributed by atoms with Crippen LogP contribution in [0.25, 0.3) is 11.1 Å². The first-order valence-electron chi connectivity index (χ1n) is 4.94. The number of aromatic nitrogens is 2. The summed E-state index contributed by atoms with van der Waals surface area (Å²) in [5, 5.41) is 0. The number of nitrogens with zero attached hydrogens (tertiary/aromatic N) is 2. The number of benzene rings is 1. The van der Waals surface area contributed by atoms with Gasteiger partial charge in [0.2, 0.25) is 0 Å². The van der Waals surface area contributed by atoms with Crippen LogP contribution in [-0.4, -0.2) is 24.2 Å². The summed E-state index contributed by atoms with van der Waals surface area (Å²) in [5.74, 6) is 0.0961. The molecule has 0 N–H and O–H groups in total. The molecule has 0 spiro atoms. The highest BCUT2D eigenvalue weighted by molar-refractivity contribution is 5.63. The Morgan fingerprint density at radius 3 is 2.29 bits per heavy atom. The Morgan fingerprint density at radius 1 is 1.06 bits per heavy atom. The lowest BCUT2D eigenvalue weighted by Gasteiger charge is -2.05. The molecule has 0 radical (unpaired) electrons. The molecule has 2 rings (SSSR count). The van der Waals surface area contributed by atoms with E-state index in [9.17, 15) is 4.39 Å². The molecule has 0 saturated heterocycles. The Morgan fingerprint density at radius 2 is 1.76 bits per heavy atom. The van der Waals surface area contributed by atoms with Crippen molar-refractivity contribution in [2.45, 2.75) is 0 Å². The first-order chi connectivity index (χ1) is 8.24. The van der Waals surface area contributed by atoms with Crippen LogP contribution < -0.4 is 9.47 Å². The molecule has 1 aromatic heterocycles. The Balaban J connectivity index is 2.38. The van der Waals surface area contributed by atoms with E-state index in [0.717, 1.165) is 0 Å². The highest BCUT2D eigenvalue weighted by Crippen LogP contribution is 2.25. The van der Waals surface area contributed by atoms with Gasteiger partial charge in [0.1, 0.15) is 11.6 Å². The Kier molecular flexibility index (Phi) is 3.18. The molecule has 0 bridgehead atoms. The third-order valence-corrected chi connectivity index (χ3v) is 2.30.